The van der Waals surface area contributed by atoms with Gasteiger partial charge in [-0.2, -0.15) is 0 Å². The molecule has 1 heteroatoms. The van der Waals surface area contributed by atoms with Crippen LogP contribution >= 0.6 is 0 Å². The Morgan fingerprint density at radius 2 is 2.10 bits per heavy atom. The van der Waals surface area contributed by atoms with Gasteiger partial charge in [-0.15, -0.1) is 0 Å². The molecule has 56 valence electrons. The molecule has 10 heavy (non-hydrogen) atoms. The highest BCUT2D eigenvalue weighted by atomic mass is 15.1. The van der Waals surface area contributed by atoms with E-state index < -0.39 is 0 Å². The zero-order valence-corrected chi connectivity index (χ0v) is 6.64. The van der Waals surface area contributed by atoms with Gasteiger partial charge in [-0.05, 0) is 38.8 Å². The molecule has 0 aromatic carbocycles. The lowest BCUT2D eigenvalue weighted by molar-refractivity contribution is 0.161. The van der Waals surface area contributed by atoms with Crippen LogP contribution in [-0.2, 0) is 0 Å². The maximum Gasteiger partial charge on any atom is 0.0195 e. The van der Waals surface area contributed by atoms with E-state index in [1.165, 1.54) is 32.5 Å². The van der Waals surface area contributed by atoms with Gasteiger partial charge in [0.05, 0.1) is 0 Å². The summed E-state index contributed by atoms with van der Waals surface area (Å²) in [5, 5.41) is 0. The molecule has 3 aliphatic rings. The largest absolute Gasteiger partial charge is 0.299 e. The Morgan fingerprint density at radius 1 is 1.40 bits per heavy atom. The molecule has 0 atom stereocenters. The fourth-order valence-electron chi connectivity index (χ4n) is 2.18. The molecule has 1 nitrogen and oxygen atoms in total. The quantitative estimate of drug-likeness (QED) is 0.459. The van der Waals surface area contributed by atoms with Crippen molar-refractivity contribution in [2.75, 3.05) is 19.6 Å². The Balaban J connectivity index is 2.15. The second-order valence-electron chi connectivity index (χ2n) is 3.41. The normalized spacial score (nSPS) is 42.7. The van der Waals surface area contributed by atoms with E-state index in [2.05, 4.69) is 17.9 Å². The third kappa shape index (κ3) is 0.891. The Labute approximate surface area is 62.7 Å². The van der Waals surface area contributed by atoms with Crippen LogP contribution in [0, 0.1) is 5.92 Å². The Bertz CT molecular complexity index is 152. The Kier molecular flexibility index (Phi) is 1.53. The molecule has 3 aliphatic heterocycles. The summed E-state index contributed by atoms with van der Waals surface area (Å²) >= 11 is 0. The van der Waals surface area contributed by atoms with Gasteiger partial charge in [0.2, 0.25) is 0 Å². The number of nitrogens with zero attached hydrogens (tertiary/aromatic N) is 1. The third-order valence-corrected chi connectivity index (χ3v) is 2.89. The maximum absolute atomic E-state index is 2.56. The first kappa shape index (κ1) is 6.41. The molecule has 3 heterocycles. The number of hydrogen-bond acceptors (Lipinski definition) is 1. The van der Waals surface area contributed by atoms with Crippen LogP contribution < -0.4 is 0 Å². The van der Waals surface area contributed by atoms with Crippen molar-refractivity contribution in [1.29, 1.82) is 0 Å². The van der Waals surface area contributed by atoms with E-state index in [0.29, 0.717) is 0 Å². The highest BCUT2D eigenvalue weighted by Gasteiger charge is 2.28. The van der Waals surface area contributed by atoms with Crippen molar-refractivity contribution in [3.63, 3.8) is 0 Å². The molecule has 0 amide bonds. The van der Waals surface area contributed by atoms with Crippen molar-refractivity contribution in [3.8, 4) is 0 Å². The van der Waals surface area contributed by atoms with Crippen molar-refractivity contribution >= 4 is 0 Å². The molecular formula is C9H15N. The van der Waals surface area contributed by atoms with Crippen molar-refractivity contribution in [1.82, 2.24) is 4.90 Å². The van der Waals surface area contributed by atoms with E-state index >= 15 is 0 Å². The van der Waals surface area contributed by atoms with Gasteiger partial charge in [0.1, 0.15) is 0 Å². The molecule has 0 aromatic heterocycles. The van der Waals surface area contributed by atoms with Gasteiger partial charge in [0.25, 0.3) is 0 Å². The summed E-state index contributed by atoms with van der Waals surface area (Å²) in [5.41, 5.74) is 1.69. The van der Waals surface area contributed by atoms with Gasteiger partial charge in [-0.1, -0.05) is 11.6 Å². The van der Waals surface area contributed by atoms with Crippen molar-refractivity contribution in [2.24, 2.45) is 5.92 Å². The topological polar surface area (TPSA) is 3.24 Å². The van der Waals surface area contributed by atoms with Gasteiger partial charge in [0, 0.05) is 6.54 Å². The summed E-state index contributed by atoms with van der Waals surface area (Å²) in [6, 6.07) is 0. The molecule has 3 rings (SSSR count). The zero-order valence-electron chi connectivity index (χ0n) is 6.64. The summed E-state index contributed by atoms with van der Waals surface area (Å²) < 4.78 is 0. The fourth-order valence-corrected chi connectivity index (χ4v) is 2.18. The molecule has 0 spiro atoms. The van der Waals surface area contributed by atoms with Crippen LogP contribution in [-0.4, -0.2) is 24.5 Å². The molecule has 0 radical (unpaired) electrons. The van der Waals surface area contributed by atoms with Crippen LogP contribution in [0.15, 0.2) is 11.6 Å². The van der Waals surface area contributed by atoms with Gasteiger partial charge >= 0.3 is 0 Å². The predicted molar refractivity (Wildman–Crippen MR) is 42.9 cm³/mol. The molecule has 2 bridgehead atoms. The van der Waals surface area contributed by atoms with E-state index in [1.807, 2.05) is 0 Å². The highest BCUT2D eigenvalue weighted by Crippen LogP contribution is 2.31. The van der Waals surface area contributed by atoms with E-state index in [4.69, 9.17) is 0 Å². The number of rotatable bonds is 0. The minimum atomic E-state index is 0.954. The van der Waals surface area contributed by atoms with Crippen LogP contribution in [0.25, 0.3) is 0 Å². The van der Waals surface area contributed by atoms with Gasteiger partial charge < -0.3 is 0 Å². The monoisotopic (exact) mass is 137 g/mol. The molecule has 0 N–H and O–H groups in total. The lowest BCUT2D eigenvalue weighted by Crippen LogP contribution is -2.42. The van der Waals surface area contributed by atoms with Crippen LogP contribution in [0.2, 0.25) is 0 Å². The summed E-state index contributed by atoms with van der Waals surface area (Å²) in [4.78, 5) is 2.56. The van der Waals surface area contributed by atoms with Gasteiger partial charge in [-0.25, -0.2) is 0 Å². The van der Waals surface area contributed by atoms with E-state index in [0.717, 1.165) is 5.92 Å². The SMILES string of the molecule is C/C=C1\CN2CCC1CC2. The van der Waals surface area contributed by atoms with E-state index in [1.54, 1.807) is 5.57 Å². The summed E-state index contributed by atoms with van der Waals surface area (Å²) in [6.45, 7) is 6.14. The molecule has 0 unspecified atom stereocenters. The molecular weight excluding hydrogens is 122 g/mol. The number of piperidine rings is 3. The Hall–Kier alpha value is -0.300. The van der Waals surface area contributed by atoms with Crippen LogP contribution in [0.5, 0.6) is 0 Å². The fraction of sp³-hybridized carbons (Fsp3) is 0.778. The number of allylic oxidation sites excluding steroid dienone is 1. The van der Waals surface area contributed by atoms with Crippen molar-refractivity contribution in [2.45, 2.75) is 19.8 Å². The van der Waals surface area contributed by atoms with Crippen LogP contribution in [0.1, 0.15) is 19.8 Å². The van der Waals surface area contributed by atoms with Crippen LogP contribution in [0.3, 0.4) is 0 Å². The standard InChI is InChI=1S/C9H15N/c1-2-8-7-10-5-3-9(8)4-6-10/h2,9H,3-7H2,1H3/b8-2+. The van der Waals surface area contributed by atoms with E-state index in [9.17, 15) is 0 Å². The average molecular weight is 137 g/mol. The second-order valence-corrected chi connectivity index (χ2v) is 3.41. The third-order valence-electron chi connectivity index (χ3n) is 2.89. The lowest BCUT2D eigenvalue weighted by atomic mass is 9.84. The first-order valence-corrected chi connectivity index (χ1v) is 4.27. The van der Waals surface area contributed by atoms with Crippen molar-refractivity contribution in [3.05, 3.63) is 11.6 Å². The molecule has 0 saturated carbocycles. The molecule has 0 aromatic rings. The summed E-state index contributed by atoms with van der Waals surface area (Å²) in [5.74, 6) is 0.954. The summed E-state index contributed by atoms with van der Waals surface area (Å²) in [7, 11) is 0. The molecule has 3 fully saturated rings. The maximum atomic E-state index is 2.56. The first-order chi connectivity index (χ1) is 4.90. The van der Waals surface area contributed by atoms with E-state index in [-0.39, 0.29) is 0 Å². The number of fused-ring (bicyclic) bond motifs is 3. The van der Waals surface area contributed by atoms with Crippen LogP contribution in [0.4, 0.5) is 0 Å². The van der Waals surface area contributed by atoms with Gasteiger partial charge in [-0.3, -0.25) is 4.90 Å². The van der Waals surface area contributed by atoms with Gasteiger partial charge in [0.15, 0.2) is 0 Å². The lowest BCUT2D eigenvalue weighted by Gasteiger charge is -2.41. The highest BCUT2D eigenvalue weighted by molar-refractivity contribution is 5.13. The molecule has 0 aliphatic carbocycles. The Morgan fingerprint density at radius 3 is 2.40 bits per heavy atom. The minimum absolute atomic E-state index is 0.954. The zero-order chi connectivity index (χ0) is 6.97. The van der Waals surface area contributed by atoms with Crippen molar-refractivity contribution < 1.29 is 0 Å². The minimum Gasteiger partial charge on any atom is -0.299 e. The summed E-state index contributed by atoms with van der Waals surface area (Å²) in [6.07, 6.45) is 5.15. The number of hydrogen-bond donors (Lipinski definition) is 0. The first-order valence-electron chi connectivity index (χ1n) is 4.27. The average Bonchev–Trinajstić information content (AvgIpc) is 2.06. The second kappa shape index (κ2) is 2.39. The predicted octanol–water partition coefficient (Wildman–Crippen LogP) is 1.66. The molecule has 3 saturated heterocycles. The smallest absolute Gasteiger partial charge is 0.0195 e.